The molecule has 0 aromatic heterocycles. The molecule has 1 fully saturated rings. The fraction of sp³-hybridized carbons (Fsp3) is 0.611. The van der Waals surface area contributed by atoms with Crippen molar-refractivity contribution in [2.75, 3.05) is 19.8 Å². The van der Waals surface area contributed by atoms with Gasteiger partial charge in [-0.05, 0) is 25.3 Å². The normalized spacial score (nSPS) is 21.3. The van der Waals surface area contributed by atoms with Crippen molar-refractivity contribution in [2.45, 2.75) is 51.3 Å². The molecular formula is C18H28N2O4S. The molecule has 0 radical (unpaired) electrons. The standard InChI is InChI=1S/C18H28N2O4S/c1-14-8-10-15(11-9-14)12-20(25(3,23)24)13-18(22)19(2)16-6-4-5-7-17(16)21/h8-11,16-17,21H,4-7,12-13H2,1-3H3/t16-,17-/m1/s1. The van der Waals surface area contributed by atoms with Crippen LogP contribution in [0.3, 0.4) is 0 Å². The predicted octanol–water partition coefficient (Wildman–Crippen LogP) is 1.52. The number of aryl methyl sites for hydroxylation is 1. The summed E-state index contributed by atoms with van der Waals surface area (Å²) in [6.45, 7) is 1.91. The van der Waals surface area contributed by atoms with Crippen LogP contribution in [0, 0.1) is 6.92 Å². The van der Waals surface area contributed by atoms with Gasteiger partial charge in [0.05, 0.1) is 24.9 Å². The molecule has 1 amide bonds. The average molecular weight is 368 g/mol. The third-order valence-electron chi connectivity index (χ3n) is 4.84. The van der Waals surface area contributed by atoms with Gasteiger partial charge in [-0.15, -0.1) is 0 Å². The molecule has 1 aliphatic rings. The first-order chi connectivity index (χ1) is 11.7. The smallest absolute Gasteiger partial charge is 0.237 e. The van der Waals surface area contributed by atoms with Crippen molar-refractivity contribution in [1.29, 1.82) is 0 Å². The number of aliphatic hydroxyl groups excluding tert-OH is 1. The Bertz CT molecular complexity index is 688. The summed E-state index contributed by atoms with van der Waals surface area (Å²) in [5.74, 6) is -0.288. The third-order valence-corrected chi connectivity index (χ3v) is 6.04. The quantitative estimate of drug-likeness (QED) is 0.826. The largest absolute Gasteiger partial charge is 0.391 e. The van der Waals surface area contributed by atoms with Gasteiger partial charge in [-0.1, -0.05) is 42.7 Å². The van der Waals surface area contributed by atoms with Crippen molar-refractivity contribution in [1.82, 2.24) is 9.21 Å². The van der Waals surface area contributed by atoms with Gasteiger partial charge >= 0.3 is 0 Å². The van der Waals surface area contributed by atoms with Crippen molar-refractivity contribution >= 4 is 15.9 Å². The summed E-state index contributed by atoms with van der Waals surface area (Å²) in [6, 6.07) is 7.34. The number of carbonyl (C=O) groups excluding carboxylic acids is 1. The van der Waals surface area contributed by atoms with Crippen LogP contribution < -0.4 is 0 Å². The van der Waals surface area contributed by atoms with Crippen LogP contribution in [0.5, 0.6) is 0 Å². The molecule has 2 rings (SSSR count). The van der Waals surface area contributed by atoms with Gasteiger partial charge in [0, 0.05) is 13.6 Å². The number of rotatable bonds is 6. The number of benzene rings is 1. The monoisotopic (exact) mass is 368 g/mol. The maximum atomic E-state index is 12.6. The Morgan fingerprint density at radius 3 is 2.36 bits per heavy atom. The molecule has 0 aliphatic heterocycles. The van der Waals surface area contributed by atoms with Gasteiger partial charge in [0.25, 0.3) is 0 Å². The molecule has 0 heterocycles. The van der Waals surface area contributed by atoms with Crippen molar-refractivity contribution in [3.8, 4) is 0 Å². The Balaban J connectivity index is 2.08. The van der Waals surface area contributed by atoms with E-state index in [9.17, 15) is 18.3 Å². The van der Waals surface area contributed by atoms with Gasteiger partial charge in [0.15, 0.2) is 0 Å². The molecular weight excluding hydrogens is 340 g/mol. The minimum atomic E-state index is -3.52. The van der Waals surface area contributed by atoms with E-state index in [1.54, 1.807) is 7.05 Å². The van der Waals surface area contributed by atoms with Crippen LogP contribution in [-0.2, 0) is 21.4 Å². The molecule has 1 aromatic carbocycles. The second kappa shape index (κ2) is 8.29. The zero-order chi connectivity index (χ0) is 18.6. The van der Waals surface area contributed by atoms with Crippen LogP contribution in [0.2, 0.25) is 0 Å². The van der Waals surface area contributed by atoms with E-state index in [2.05, 4.69) is 0 Å². The van der Waals surface area contributed by atoms with E-state index >= 15 is 0 Å². The zero-order valence-corrected chi connectivity index (χ0v) is 16.0. The summed E-state index contributed by atoms with van der Waals surface area (Å²) >= 11 is 0. The van der Waals surface area contributed by atoms with E-state index in [0.717, 1.165) is 36.6 Å². The molecule has 0 spiro atoms. The van der Waals surface area contributed by atoms with Crippen molar-refractivity contribution in [3.05, 3.63) is 35.4 Å². The maximum absolute atomic E-state index is 12.6. The predicted molar refractivity (Wildman–Crippen MR) is 97.5 cm³/mol. The highest BCUT2D eigenvalue weighted by molar-refractivity contribution is 7.88. The molecule has 1 aromatic rings. The van der Waals surface area contributed by atoms with Gasteiger partial charge in [0.1, 0.15) is 0 Å². The summed E-state index contributed by atoms with van der Waals surface area (Å²) in [5.41, 5.74) is 1.93. The summed E-state index contributed by atoms with van der Waals surface area (Å²) in [6.07, 6.45) is 3.94. The molecule has 1 aliphatic carbocycles. The molecule has 1 saturated carbocycles. The maximum Gasteiger partial charge on any atom is 0.237 e. The minimum absolute atomic E-state index is 0.159. The molecule has 0 unspecified atom stereocenters. The molecule has 140 valence electrons. The molecule has 0 bridgehead atoms. The van der Waals surface area contributed by atoms with Crippen molar-refractivity contribution in [3.63, 3.8) is 0 Å². The van der Waals surface area contributed by atoms with E-state index in [1.807, 2.05) is 31.2 Å². The van der Waals surface area contributed by atoms with Gasteiger partial charge in [-0.25, -0.2) is 8.42 Å². The lowest BCUT2D eigenvalue weighted by molar-refractivity contribution is -0.135. The number of hydrogen-bond acceptors (Lipinski definition) is 4. The first-order valence-corrected chi connectivity index (χ1v) is 10.5. The first kappa shape index (κ1) is 19.9. The van der Waals surface area contributed by atoms with Gasteiger partial charge in [0.2, 0.25) is 15.9 Å². The van der Waals surface area contributed by atoms with Crippen LogP contribution >= 0.6 is 0 Å². The number of hydrogen-bond donors (Lipinski definition) is 1. The van der Waals surface area contributed by atoms with Crippen LogP contribution in [0.1, 0.15) is 36.8 Å². The molecule has 6 nitrogen and oxygen atoms in total. The molecule has 25 heavy (non-hydrogen) atoms. The number of nitrogens with zero attached hydrogens (tertiary/aromatic N) is 2. The molecule has 2 atom stereocenters. The summed E-state index contributed by atoms with van der Waals surface area (Å²) in [5, 5.41) is 10.1. The number of amides is 1. The number of sulfonamides is 1. The van der Waals surface area contributed by atoms with Crippen molar-refractivity contribution in [2.24, 2.45) is 0 Å². The SMILES string of the molecule is Cc1ccc(CN(CC(=O)N(C)[C@@H]2CCCC[C@H]2O)S(C)(=O)=O)cc1. The number of likely N-dealkylation sites (N-methyl/N-ethyl adjacent to an activating group) is 1. The second-order valence-corrected chi connectivity index (χ2v) is 8.92. The topological polar surface area (TPSA) is 77.9 Å². The summed E-state index contributed by atoms with van der Waals surface area (Å²) in [7, 11) is -1.88. The number of aliphatic hydroxyl groups is 1. The van der Waals surface area contributed by atoms with Gasteiger partial charge < -0.3 is 10.0 Å². The van der Waals surface area contributed by atoms with Crippen LogP contribution in [0.4, 0.5) is 0 Å². The molecule has 7 heteroatoms. The number of carbonyl (C=O) groups is 1. The Morgan fingerprint density at radius 1 is 1.20 bits per heavy atom. The minimum Gasteiger partial charge on any atom is -0.391 e. The lowest BCUT2D eigenvalue weighted by Gasteiger charge is -2.36. The fourth-order valence-electron chi connectivity index (χ4n) is 3.18. The summed E-state index contributed by atoms with van der Waals surface area (Å²) in [4.78, 5) is 14.1. The summed E-state index contributed by atoms with van der Waals surface area (Å²) < 4.78 is 25.4. The highest BCUT2D eigenvalue weighted by Crippen LogP contribution is 2.22. The van der Waals surface area contributed by atoms with Gasteiger partial charge in [-0.3, -0.25) is 4.79 Å². The van der Waals surface area contributed by atoms with Crippen LogP contribution in [0.15, 0.2) is 24.3 Å². The Morgan fingerprint density at radius 2 is 1.80 bits per heavy atom. The molecule has 1 N–H and O–H groups in total. The van der Waals surface area contributed by atoms with E-state index < -0.39 is 16.1 Å². The Kier molecular flexibility index (Phi) is 6.59. The Labute approximate surface area is 150 Å². The lowest BCUT2D eigenvalue weighted by Crippen LogP contribution is -2.50. The zero-order valence-electron chi connectivity index (χ0n) is 15.2. The highest BCUT2D eigenvalue weighted by atomic mass is 32.2. The third kappa shape index (κ3) is 5.52. The average Bonchev–Trinajstić information content (AvgIpc) is 2.55. The fourth-order valence-corrected chi connectivity index (χ4v) is 3.91. The van der Waals surface area contributed by atoms with E-state index in [0.29, 0.717) is 6.42 Å². The van der Waals surface area contributed by atoms with Crippen molar-refractivity contribution < 1.29 is 18.3 Å². The van der Waals surface area contributed by atoms with Crippen LogP contribution in [-0.4, -0.2) is 60.6 Å². The van der Waals surface area contributed by atoms with Crippen LogP contribution in [0.25, 0.3) is 0 Å². The first-order valence-electron chi connectivity index (χ1n) is 8.63. The highest BCUT2D eigenvalue weighted by Gasteiger charge is 2.31. The van der Waals surface area contributed by atoms with E-state index in [-0.39, 0.29) is 25.0 Å². The van der Waals surface area contributed by atoms with E-state index in [1.165, 1.54) is 9.21 Å². The molecule has 0 saturated heterocycles. The van der Waals surface area contributed by atoms with Gasteiger partial charge in [-0.2, -0.15) is 4.31 Å². The Hall–Kier alpha value is -1.44. The lowest BCUT2D eigenvalue weighted by atomic mass is 9.91. The van der Waals surface area contributed by atoms with E-state index in [4.69, 9.17) is 0 Å². The second-order valence-electron chi connectivity index (χ2n) is 6.94.